The molecule has 2 amide bonds. The summed E-state index contributed by atoms with van der Waals surface area (Å²) >= 11 is 0. The Bertz CT molecular complexity index is 818. The number of carbonyl (C=O) groups excluding carboxylic acids is 2. The van der Waals surface area contributed by atoms with Crippen LogP contribution >= 0.6 is 0 Å². The first-order valence-electron chi connectivity index (χ1n) is 9.35. The zero-order valence-electron chi connectivity index (χ0n) is 17.2. The number of rotatable bonds is 6. The molecule has 0 aliphatic carbocycles. The molecule has 27 heavy (non-hydrogen) atoms. The highest BCUT2D eigenvalue weighted by Crippen LogP contribution is 2.27. The Morgan fingerprint density at radius 1 is 1.22 bits per heavy atom. The molecule has 2 aromatic rings. The standard InChI is InChI=1S/C21H30N4O2/c1-7-12-24(16(3)26)14-20(27)22-19-13-18(21(4,5)6)23-25(19)17-11-9-8-10-15(17)2/h8-11,13H,7,12,14H2,1-6H3,(H,22,27). The van der Waals surface area contributed by atoms with Crippen molar-refractivity contribution in [1.82, 2.24) is 14.7 Å². The van der Waals surface area contributed by atoms with E-state index in [1.165, 1.54) is 6.92 Å². The lowest BCUT2D eigenvalue weighted by Gasteiger charge is -2.19. The minimum atomic E-state index is -0.228. The van der Waals surface area contributed by atoms with Gasteiger partial charge in [0.15, 0.2) is 0 Å². The lowest BCUT2D eigenvalue weighted by molar-refractivity contribution is -0.132. The van der Waals surface area contributed by atoms with Crippen molar-refractivity contribution in [2.75, 3.05) is 18.4 Å². The van der Waals surface area contributed by atoms with Gasteiger partial charge in [0, 0.05) is 24.9 Å². The molecule has 1 aromatic heterocycles. The SMILES string of the molecule is CCCN(CC(=O)Nc1cc(C(C)(C)C)nn1-c1ccccc1C)C(C)=O. The van der Waals surface area contributed by atoms with E-state index in [0.717, 1.165) is 23.4 Å². The molecule has 0 saturated carbocycles. The van der Waals surface area contributed by atoms with Gasteiger partial charge < -0.3 is 10.2 Å². The van der Waals surface area contributed by atoms with E-state index < -0.39 is 0 Å². The molecule has 0 unspecified atom stereocenters. The van der Waals surface area contributed by atoms with E-state index in [0.29, 0.717) is 12.4 Å². The quantitative estimate of drug-likeness (QED) is 0.843. The first kappa shape index (κ1) is 20.7. The smallest absolute Gasteiger partial charge is 0.245 e. The molecule has 6 nitrogen and oxygen atoms in total. The Hall–Kier alpha value is -2.63. The van der Waals surface area contributed by atoms with Crippen LogP contribution in [0.1, 0.15) is 52.3 Å². The van der Waals surface area contributed by atoms with E-state index in [4.69, 9.17) is 5.10 Å². The van der Waals surface area contributed by atoms with Crippen molar-refractivity contribution in [2.45, 2.75) is 53.4 Å². The summed E-state index contributed by atoms with van der Waals surface area (Å²) in [4.78, 5) is 25.9. The van der Waals surface area contributed by atoms with Crippen LogP contribution in [0.3, 0.4) is 0 Å². The van der Waals surface area contributed by atoms with Crippen LogP contribution in [0.5, 0.6) is 0 Å². The molecule has 0 spiro atoms. The first-order chi connectivity index (χ1) is 12.6. The van der Waals surface area contributed by atoms with Crippen molar-refractivity contribution >= 4 is 17.6 Å². The highest BCUT2D eigenvalue weighted by molar-refractivity contribution is 5.94. The molecule has 0 aliphatic heterocycles. The van der Waals surface area contributed by atoms with Crippen molar-refractivity contribution in [3.63, 3.8) is 0 Å². The molecule has 2 rings (SSSR count). The summed E-state index contributed by atoms with van der Waals surface area (Å²) < 4.78 is 1.77. The van der Waals surface area contributed by atoms with Gasteiger partial charge >= 0.3 is 0 Å². The molecule has 0 atom stereocenters. The predicted octanol–water partition coefficient (Wildman–Crippen LogP) is 3.68. The van der Waals surface area contributed by atoms with Gasteiger partial charge in [-0.15, -0.1) is 0 Å². The van der Waals surface area contributed by atoms with Crippen molar-refractivity contribution in [1.29, 1.82) is 0 Å². The molecule has 0 bridgehead atoms. The molecule has 1 heterocycles. The summed E-state index contributed by atoms with van der Waals surface area (Å²) in [5, 5.41) is 7.68. The molecule has 0 fully saturated rings. The van der Waals surface area contributed by atoms with Crippen LogP contribution in [0.15, 0.2) is 30.3 Å². The van der Waals surface area contributed by atoms with Crippen LogP contribution in [0, 0.1) is 6.92 Å². The van der Waals surface area contributed by atoms with Crippen molar-refractivity contribution < 1.29 is 9.59 Å². The lowest BCUT2D eigenvalue weighted by Crippen LogP contribution is -2.37. The number of anilines is 1. The molecule has 0 aliphatic rings. The fourth-order valence-corrected chi connectivity index (χ4v) is 2.79. The van der Waals surface area contributed by atoms with Gasteiger partial charge in [-0.3, -0.25) is 9.59 Å². The number of amides is 2. The van der Waals surface area contributed by atoms with Gasteiger partial charge in [0.2, 0.25) is 11.8 Å². The van der Waals surface area contributed by atoms with E-state index in [2.05, 4.69) is 26.1 Å². The van der Waals surface area contributed by atoms with Crippen LogP contribution in [-0.4, -0.2) is 39.6 Å². The van der Waals surface area contributed by atoms with Gasteiger partial charge in [0.05, 0.1) is 17.9 Å². The normalized spacial score (nSPS) is 11.3. The summed E-state index contributed by atoms with van der Waals surface area (Å²) in [5.74, 6) is 0.280. The maximum Gasteiger partial charge on any atom is 0.245 e. The molecule has 1 aromatic carbocycles. The van der Waals surface area contributed by atoms with E-state index in [1.54, 1.807) is 9.58 Å². The third-order valence-electron chi connectivity index (χ3n) is 4.36. The summed E-state index contributed by atoms with van der Waals surface area (Å²) in [7, 11) is 0. The van der Waals surface area contributed by atoms with Gasteiger partial charge in [0.1, 0.15) is 5.82 Å². The molecule has 0 saturated heterocycles. The number of aryl methyl sites for hydroxylation is 1. The molecule has 146 valence electrons. The Morgan fingerprint density at radius 3 is 2.44 bits per heavy atom. The molecular weight excluding hydrogens is 340 g/mol. The minimum absolute atomic E-state index is 0.0347. The third-order valence-corrected chi connectivity index (χ3v) is 4.36. The van der Waals surface area contributed by atoms with Crippen LogP contribution in [0.25, 0.3) is 5.69 Å². The Balaban J connectivity index is 2.35. The summed E-state index contributed by atoms with van der Waals surface area (Å²) in [6, 6.07) is 9.82. The Kier molecular flexibility index (Phi) is 6.41. The maximum atomic E-state index is 12.6. The number of hydrogen-bond acceptors (Lipinski definition) is 3. The first-order valence-corrected chi connectivity index (χ1v) is 9.35. The van der Waals surface area contributed by atoms with Crippen LogP contribution in [-0.2, 0) is 15.0 Å². The number of para-hydroxylation sites is 1. The summed E-state index contributed by atoms with van der Waals surface area (Å²) in [6.07, 6.45) is 0.808. The average Bonchev–Trinajstić information content (AvgIpc) is 2.98. The monoisotopic (exact) mass is 370 g/mol. The number of aromatic nitrogens is 2. The number of hydrogen-bond donors (Lipinski definition) is 1. The van der Waals surface area contributed by atoms with Gasteiger partial charge in [-0.2, -0.15) is 5.10 Å². The predicted molar refractivity (Wildman–Crippen MR) is 108 cm³/mol. The van der Waals surface area contributed by atoms with E-state index >= 15 is 0 Å². The average molecular weight is 370 g/mol. The number of carbonyl (C=O) groups is 2. The lowest BCUT2D eigenvalue weighted by atomic mass is 9.92. The topological polar surface area (TPSA) is 67.2 Å². The van der Waals surface area contributed by atoms with Crippen molar-refractivity contribution in [2.24, 2.45) is 0 Å². The zero-order valence-corrected chi connectivity index (χ0v) is 17.2. The van der Waals surface area contributed by atoms with E-state index in [1.807, 2.05) is 44.2 Å². The Morgan fingerprint density at radius 2 is 1.89 bits per heavy atom. The van der Waals surface area contributed by atoms with Crippen LogP contribution in [0.4, 0.5) is 5.82 Å². The zero-order chi connectivity index (χ0) is 20.2. The fraction of sp³-hybridized carbons (Fsp3) is 0.476. The van der Waals surface area contributed by atoms with E-state index in [9.17, 15) is 9.59 Å². The van der Waals surface area contributed by atoms with E-state index in [-0.39, 0.29) is 23.8 Å². The van der Waals surface area contributed by atoms with Gasteiger partial charge in [-0.1, -0.05) is 45.9 Å². The van der Waals surface area contributed by atoms with Crippen molar-refractivity contribution in [3.05, 3.63) is 41.6 Å². The minimum Gasteiger partial charge on any atom is -0.334 e. The van der Waals surface area contributed by atoms with Gasteiger partial charge in [0.25, 0.3) is 0 Å². The second-order valence-electron chi connectivity index (χ2n) is 7.85. The van der Waals surface area contributed by atoms with Gasteiger partial charge in [-0.05, 0) is 25.0 Å². The molecule has 1 N–H and O–H groups in total. The highest BCUT2D eigenvalue weighted by atomic mass is 16.2. The summed E-state index contributed by atoms with van der Waals surface area (Å²) in [6.45, 7) is 12.3. The number of benzene rings is 1. The molecule has 0 radical (unpaired) electrons. The fourth-order valence-electron chi connectivity index (χ4n) is 2.79. The molecular formula is C21H30N4O2. The second kappa shape index (κ2) is 8.37. The number of nitrogens with one attached hydrogen (secondary N) is 1. The second-order valence-corrected chi connectivity index (χ2v) is 7.85. The van der Waals surface area contributed by atoms with Crippen LogP contribution < -0.4 is 5.32 Å². The van der Waals surface area contributed by atoms with Crippen LogP contribution in [0.2, 0.25) is 0 Å². The van der Waals surface area contributed by atoms with Crippen molar-refractivity contribution in [3.8, 4) is 5.69 Å². The molecule has 6 heteroatoms. The summed E-state index contributed by atoms with van der Waals surface area (Å²) in [5.41, 5.74) is 2.72. The third kappa shape index (κ3) is 5.18. The number of nitrogens with zero attached hydrogens (tertiary/aromatic N) is 3. The largest absolute Gasteiger partial charge is 0.334 e. The maximum absolute atomic E-state index is 12.6. The highest BCUT2D eigenvalue weighted by Gasteiger charge is 2.22. The Labute approximate surface area is 161 Å². The van der Waals surface area contributed by atoms with Gasteiger partial charge in [-0.25, -0.2) is 4.68 Å².